The zero-order chi connectivity index (χ0) is 20.4. The van der Waals surface area contributed by atoms with Crippen molar-refractivity contribution in [1.29, 1.82) is 0 Å². The summed E-state index contributed by atoms with van der Waals surface area (Å²) in [5.74, 6) is 1.35. The highest BCUT2D eigenvalue weighted by molar-refractivity contribution is 8.00. The second-order valence-corrected chi connectivity index (χ2v) is 9.14. The molecule has 1 N–H and O–H groups in total. The number of fused-ring (bicyclic) bond motifs is 1. The zero-order valence-electron chi connectivity index (χ0n) is 17.4. The van der Waals surface area contributed by atoms with Crippen LogP contribution >= 0.6 is 11.8 Å². The Balaban J connectivity index is 1.46. The summed E-state index contributed by atoms with van der Waals surface area (Å²) in [4.78, 5) is 17.6. The van der Waals surface area contributed by atoms with E-state index in [9.17, 15) is 4.79 Å². The highest BCUT2D eigenvalue weighted by Gasteiger charge is 2.25. The van der Waals surface area contributed by atoms with Crippen LogP contribution in [0.2, 0.25) is 0 Å². The van der Waals surface area contributed by atoms with Gasteiger partial charge >= 0.3 is 0 Å². The maximum absolute atomic E-state index is 12.8. The lowest BCUT2D eigenvalue weighted by Crippen LogP contribution is -2.24. The van der Waals surface area contributed by atoms with Gasteiger partial charge in [-0.2, -0.15) is 0 Å². The quantitative estimate of drug-likeness (QED) is 0.704. The van der Waals surface area contributed by atoms with Gasteiger partial charge in [-0.05, 0) is 45.7 Å². The summed E-state index contributed by atoms with van der Waals surface area (Å²) in [6.45, 7) is 7.21. The maximum atomic E-state index is 12.8. The fourth-order valence-corrected chi connectivity index (χ4v) is 5.10. The molecule has 0 unspecified atom stereocenters. The molecule has 29 heavy (non-hydrogen) atoms. The molecule has 2 aromatic rings. The Kier molecular flexibility index (Phi) is 6.04. The van der Waals surface area contributed by atoms with Crippen LogP contribution in [0.3, 0.4) is 0 Å². The van der Waals surface area contributed by atoms with Crippen molar-refractivity contribution in [3.05, 3.63) is 29.6 Å². The average molecular weight is 416 g/mol. The smallest absolute Gasteiger partial charge is 0.237 e. The van der Waals surface area contributed by atoms with Crippen LogP contribution in [0, 0.1) is 13.8 Å². The first-order valence-corrected chi connectivity index (χ1v) is 11.3. The lowest BCUT2D eigenvalue weighted by Gasteiger charge is -2.26. The highest BCUT2D eigenvalue weighted by Crippen LogP contribution is 2.36. The lowest BCUT2D eigenvalue weighted by molar-refractivity contribution is -0.115. The van der Waals surface area contributed by atoms with Gasteiger partial charge in [0.05, 0.1) is 10.9 Å². The summed E-state index contributed by atoms with van der Waals surface area (Å²) in [5, 5.41) is 3.70. The fourth-order valence-electron chi connectivity index (χ4n) is 4.03. The molecule has 6 nitrogen and oxygen atoms in total. The molecule has 2 heterocycles. The van der Waals surface area contributed by atoms with Crippen LogP contribution in [-0.4, -0.2) is 33.9 Å². The predicted octanol–water partition coefficient (Wildman–Crippen LogP) is 4.90. The molecule has 156 valence electrons. The van der Waals surface area contributed by atoms with Crippen LogP contribution in [0.1, 0.15) is 56.5 Å². The number of imidazole rings is 1. The van der Waals surface area contributed by atoms with E-state index >= 15 is 0 Å². The monoisotopic (exact) mass is 415 g/mol. The summed E-state index contributed by atoms with van der Waals surface area (Å²) >= 11 is 1.54. The van der Waals surface area contributed by atoms with Crippen molar-refractivity contribution in [1.82, 2.24) is 9.55 Å². The Labute approximate surface area is 176 Å². The van der Waals surface area contributed by atoms with Crippen LogP contribution in [0.25, 0.3) is 0 Å². The number of aromatic nitrogens is 2. The van der Waals surface area contributed by atoms with Crippen molar-refractivity contribution in [2.24, 2.45) is 0 Å². The Bertz CT molecular complexity index is 890. The van der Waals surface area contributed by atoms with E-state index in [1.165, 1.54) is 49.6 Å². The summed E-state index contributed by atoms with van der Waals surface area (Å²) in [6, 6.07) is 6.01. The fraction of sp³-hybridized carbons (Fsp3) is 0.545. The van der Waals surface area contributed by atoms with E-state index < -0.39 is 0 Å². The number of carbonyl (C=O) groups is 1. The number of aryl methyl sites for hydroxylation is 1. The van der Waals surface area contributed by atoms with Crippen molar-refractivity contribution >= 4 is 23.4 Å². The van der Waals surface area contributed by atoms with Crippen molar-refractivity contribution in [2.75, 3.05) is 18.5 Å². The first kappa shape index (κ1) is 20.1. The molecule has 0 bridgehead atoms. The summed E-state index contributed by atoms with van der Waals surface area (Å²) in [5.41, 5.74) is 2.99. The zero-order valence-corrected chi connectivity index (χ0v) is 18.2. The molecule has 0 saturated heterocycles. The summed E-state index contributed by atoms with van der Waals surface area (Å²) in [6.07, 6.45) is 6.25. The Morgan fingerprint density at radius 3 is 2.66 bits per heavy atom. The van der Waals surface area contributed by atoms with Gasteiger partial charge in [0.15, 0.2) is 16.7 Å². The third kappa shape index (κ3) is 4.39. The van der Waals surface area contributed by atoms with Crippen LogP contribution in [0.15, 0.2) is 23.4 Å². The second kappa shape index (κ2) is 8.69. The third-order valence-electron chi connectivity index (χ3n) is 5.76. The number of amides is 1. The van der Waals surface area contributed by atoms with E-state index in [4.69, 9.17) is 14.5 Å². The van der Waals surface area contributed by atoms with Crippen molar-refractivity contribution < 1.29 is 14.3 Å². The number of ether oxygens (including phenoxy) is 2. The van der Waals surface area contributed by atoms with Gasteiger partial charge in [0, 0.05) is 23.5 Å². The molecule has 2 aliphatic rings. The van der Waals surface area contributed by atoms with Gasteiger partial charge in [0.25, 0.3) is 0 Å². The molecule has 1 aromatic carbocycles. The minimum atomic E-state index is -0.258. The topological polar surface area (TPSA) is 65.4 Å². The number of thioether (sulfide) groups is 1. The molecule has 4 rings (SSSR count). The van der Waals surface area contributed by atoms with E-state index in [1.54, 1.807) is 0 Å². The van der Waals surface area contributed by atoms with Gasteiger partial charge in [-0.25, -0.2) is 4.98 Å². The minimum absolute atomic E-state index is 0.0415. The molecule has 1 amide bonds. The number of carbonyl (C=O) groups excluding carboxylic acids is 1. The van der Waals surface area contributed by atoms with Crippen molar-refractivity contribution in [2.45, 2.75) is 69.3 Å². The SMILES string of the molecule is Cc1nc(S[C@@H](C)C(=O)Nc2ccc3c(c2)OCCO3)n(C2CCCCC2)c1C. The Morgan fingerprint density at radius 2 is 1.90 bits per heavy atom. The number of rotatable bonds is 5. The molecular weight excluding hydrogens is 386 g/mol. The molecule has 1 aliphatic heterocycles. The van der Waals surface area contributed by atoms with Crippen molar-refractivity contribution in [3.63, 3.8) is 0 Å². The molecule has 1 atom stereocenters. The minimum Gasteiger partial charge on any atom is -0.486 e. The van der Waals surface area contributed by atoms with Gasteiger partial charge in [-0.1, -0.05) is 31.0 Å². The molecule has 1 fully saturated rings. The molecular formula is C22H29N3O3S. The van der Waals surface area contributed by atoms with E-state index in [2.05, 4.69) is 23.7 Å². The number of hydrogen-bond acceptors (Lipinski definition) is 5. The Hall–Kier alpha value is -2.15. The third-order valence-corrected chi connectivity index (χ3v) is 6.82. The van der Waals surface area contributed by atoms with E-state index in [1.807, 2.05) is 25.1 Å². The van der Waals surface area contributed by atoms with Crippen LogP contribution in [0.5, 0.6) is 11.5 Å². The molecule has 7 heteroatoms. The molecule has 0 radical (unpaired) electrons. The van der Waals surface area contributed by atoms with Gasteiger partial charge in [-0.3, -0.25) is 4.79 Å². The normalized spacial score (nSPS) is 17.8. The van der Waals surface area contributed by atoms with Crippen LogP contribution < -0.4 is 14.8 Å². The first-order chi connectivity index (χ1) is 14.0. The number of benzene rings is 1. The maximum Gasteiger partial charge on any atom is 0.237 e. The van der Waals surface area contributed by atoms with E-state index in [0.29, 0.717) is 25.0 Å². The lowest BCUT2D eigenvalue weighted by atomic mass is 9.95. The summed E-state index contributed by atoms with van der Waals surface area (Å²) in [7, 11) is 0. The molecule has 1 aromatic heterocycles. The van der Waals surface area contributed by atoms with Gasteiger partial charge < -0.3 is 19.4 Å². The van der Waals surface area contributed by atoms with E-state index in [-0.39, 0.29) is 11.2 Å². The first-order valence-electron chi connectivity index (χ1n) is 10.5. The van der Waals surface area contributed by atoms with Gasteiger partial charge in [0.1, 0.15) is 13.2 Å². The predicted molar refractivity (Wildman–Crippen MR) is 115 cm³/mol. The number of anilines is 1. The van der Waals surface area contributed by atoms with Crippen LogP contribution in [0.4, 0.5) is 5.69 Å². The average Bonchev–Trinajstić information content (AvgIpc) is 3.01. The Morgan fingerprint density at radius 1 is 1.17 bits per heavy atom. The van der Waals surface area contributed by atoms with Crippen molar-refractivity contribution in [3.8, 4) is 11.5 Å². The molecule has 0 spiro atoms. The van der Waals surface area contributed by atoms with Gasteiger partial charge in [-0.15, -0.1) is 0 Å². The molecule has 1 aliphatic carbocycles. The molecule has 1 saturated carbocycles. The largest absolute Gasteiger partial charge is 0.486 e. The van der Waals surface area contributed by atoms with E-state index in [0.717, 1.165) is 22.3 Å². The number of nitrogens with one attached hydrogen (secondary N) is 1. The van der Waals surface area contributed by atoms with Crippen LogP contribution in [-0.2, 0) is 4.79 Å². The second-order valence-electron chi connectivity index (χ2n) is 7.83. The summed E-state index contributed by atoms with van der Waals surface area (Å²) < 4.78 is 13.5. The standard InChI is InChI=1S/C22H29N3O3S/c1-14-15(2)25(18-7-5-4-6-8-18)22(23-14)29-16(3)21(26)24-17-9-10-19-20(13-17)28-12-11-27-19/h9-10,13,16,18H,4-8,11-12H2,1-3H3,(H,24,26)/t16-/m0/s1. The van der Waals surface area contributed by atoms with Gasteiger partial charge in [0.2, 0.25) is 5.91 Å². The number of nitrogens with zero attached hydrogens (tertiary/aromatic N) is 2. The number of hydrogen-bond donors (Lipinski definition) is 1. The highest BCUT2D eigenvalue weighted by atomic mass is 32.2.